The van der Waals surface area contributed by atoms with E-state index in [4.69, 9.17) is 23.2 Å². The van der Waals surface area contributed by atoms with E-state index in [1.165, 1.54) is 6.92 Å². The topological polar surface area (TPSA) is 29.1 Å². The molecule has 0 heterocycles. The van der Waals surface area contributed by atoms with Gasteiger partial charge >= 0.3 is 0 Å². The number of carbonyl (C=O) groups is 1. The van der Waals surface area contributed by atoms with Crippen LogP contribution in [0.5, 0.6) is 0 Å². The maximum atomic E-state index is 10.9. The van der Waals surface area contributed by atoms with Crippen LogP contribution in [0.15, 0.2) is 18.2 Å². The summed E-state index contributed by atoms with van der Waals surface area (Å²) in [6.45, 7) is 6.10. The monoisotopic (exact) mass is 259 g/mol. The van der Waals surface area contributed by atoms with Crippen molar-refractivity contribution in [3.63, 3.8) is 0 Å². The number of nitrogens with one attached hydrogen (secondary N) is 1. The summed E-state index contributed by atoms with van der Waals surface area (Å²) in [4.78, 5) is 10.9. The number of carbonyl (C=O) groups excluding carboxylic acids is 1. The Bertz CT molecular complexity index is 402. The van der Waals surface area contributed by atoms with Crippen molar-refractivity contribution in [2.75, 3.05) is 6.54 Å². The van der Waals surface area contributed by atoms with Crippen molar-refractivity contribution in [3.05, 3.63) is 33.8 Å². The zero-order chi connectivity index (χ0) is 12.3. The molecule has 0 saturated heterocycles. The molecule has 0 bridgehead atoms. The zero-order valence-electron chi connectivity index (χ0n) is 9.60. The van der Waals surface area contributed by atoms with Crippen molar-refractivity contribution in [3.8, 4) is 0 Å². The van der Waals surface area contributed by atoms with Crippen LogP contribution in [0.2, 0.25) is 10.0 Å². The molecule has 0 fully saturated rings. The molecular formula is C12H15Cl2NO. The lowest BCUT2D eigenvalue weighted by Gasteiger charge is -2.26. The van der Waals surface area contributed by atoms with Crippen LogP contribution in [-0.2, 0) is 10.2 Å². The molecule has 0 radical (unpaired) electrons. The normalized spacial score (nSPS) is 11.3. The molecule has 1 aromatic rings. The van der Waals surface area contributed by atoms with Gasteiger partial charge in [-0.2, -0.15) is 0 Å². The number of hydrogen-bond donors (Lipinski definition) is 1. The molecule has 88 valence electrons. The van der Waals surface area contributed by atoms with Gasteiger partial charge in [-0.25, -0.2) is 0 Å². The van der Waals surface area contributed by atoms with Crippen LogP contribution in [0.3, 0.4) is 0 Å². The summed E-state index contributed by atoms with van der Waals surface area (Å²) in [6.07, 6.45) is 0. The highest BCUT2D eigenvalue weighted by molar-refractivity contribution is 6.35. The summed E-state index contributed by atoms with van der Waals surface area (Å²) < 4.78 is 0. The third kappa shape index (κ3) is 3.39. The Morgan fingerprint density at radius 2 is 2.00 bits per heavy atom. The smallest absolute Gasteiger partial charge is 0.216 e. The lowest BCUT2D eigenvalue weighted by atomic mass is 9.84. The Kier molecular flexibility index (Phi) is 4.22. The molecule has 0 unspecified atom stereocenters. The van der Waals surface area contributed by atoms with Crippen LogP contribution in [0.1, 0.15) is 26.3 Å². The van der Waals surface area contributed by atoms with Crippen LogP contribution >= 0.6 is 23.2 Å². The van der Waals surface area contributed by atoms with Gasteiger partial charge in [-0.1, -0.05) is 43.1 Å². The third-order valence-corrected chi connectivity index (χ3v) is 2.99. The quantitative estimate of drug-likeness (QED) is 0.886. The predicted molar refractivity (Wildman–Crippen MR) is 68.2 cm³/mol. The molecule has 2 nitrogen and oxygen atoms in total. The summed E-state index contributed by atoms with van der Waals surface area (Å²) in [6, 6.07) is 5.42. The standard InChI is InChI=1S/C12H15Cl2NO/c1-8(16)15-7-12(2,3)10-5-4-9(13)6-11(10)14/h4-6H,7H2,1-3H3,(H,15,16). The second-order valence-electron chi connectivity index (χ2n) is 4.42. The highest BCUT2D eigenvalue weighted by atomic mass is 35.5. The van der Waals surface area contributed by atoms with Gasteiger partial charge in [0, 0.05) is 28.9 Å². The molecule has 1 aromatic carbocycles. The molecule has 1 rings (SSSR count). The molecule has 0 aliphatic carbocycles. The van der Waals surface area contributed by atoms with Gasteiger partial charge in [-0.15, -0.1) is 0 Å². The van der Waals surface area contributed by atoms with Gasteiger partial charge in [0.25, 0.3) is 0 Å². The van der Waals surface area contributed by atoms with Crippen molar-refractivity contribution in [1.29, 1.82) is 0 Å². The molecule has 0 aliphatic heterocycles. The first kappa shape index (κ1) is 13.3. The van der Waals surface area contributed by atoms with Gasteiger partial charge in [0.15, 0.2) is 0 Å². The molecule has 1 amide bonds. The highest BCUT2D eigenvalue weighted by Gasteiger charge is 2.23. The third-order valence-electron chi connectivity index (χ3n) is 2.44. The number of benzene rings is 1. The van der Waals surface area contributed by atoms with E-state index in [1.54, 1.807) is 12.1 Å². The van der Waals surface area contributed by atoms with Gasteiger partial charge in [-0.05, 0) is 17.7 Å². The molecule has 0 saturated carbocycles. The van der Waals surface area contributed by atoms with Crippen molar-refractivity contribution < 1.29 is 4.79 Å². The fourth-order valence-corrected chi connectivity index (χ4v) is 2.14. The van der Waals surface area contributed by atoms with Gasteiger partial charge in [0.05, 0.1) is 0 Å². The fourth-order valence-electron chi connectivity index (χ4n) is 1.48. The van der Waals surface area contributed by atoms with E-state index in [0.717, 1.165) is 5.56 Å². The van der Waals surface area contributed by atoms with E-state index in [0.29, 0.717) is 16.6 Å². The fraction of sp³-hybridized carbons (Fsp3) is 0.417. The van der Waals surface area contributed by atoms with Gasteiger partial charge < -0.3 is 5.32 Å². The first-order valence-electron chi connectivity index (χ1n) is 5.03. The Morgan fingerprint density at radius 1 is 1.38 bits per heavy atom. The zero-order valence-corrected chi connectivity index (χ0v) is 11.1. The van der Waals surface area contributed by atoms with Crippen molar-refractivity contribution in [2.24, 2.45) is 0 Å². The minimum atomic E-state index is -0.215. The second-order valence-corrected chi connectivity index (χ2v) is 5.26. The maximum Gasteiger partial charge on any atom is 0.216 e. The lowest BCUT2D eigenvalue weighted by molar-refractivity contribution is -0.119. The van der Waals surface area contributed by atoms with Crippen LogP contribution in [-0.4, -0.2) is 12.5 Å². The van der Waals surface area contributed by atoms with E-state index in [1.807, 2.05) is 19.9 Å². The number of rotatable bonds is 3. The van der Waals surface area contributed by atoms with Crippen LogP contribution in [0, 0.1) is 0 Å². The van der Waals surface area contributed by atoms with E-state index in [-0.39, 0.29) is 11.3 Å². The SMILES string of the molecule is CC(=O)NCC(C)(C)c1ccc(Cl)cc1Cl. The van der Waals surface area contributed by atoms with E-state index in [2.05, 4.69) is 5.32 Å². The Hall–Kier alpha value is -0.730. The van der Waals surface area contributed by atoms with Gasteiger partial charge in [0.1, 0.15) is 0 Å². The van der Waals surface area contributed by atoms with Crippen LogP contribution in [0.4, 0.5) is 0 Å². The maximum absolute atomic E-state index is 10.9. The summed E-state index contributed by atoms with van der Waals surface area (Å²) in [5, 5.41) is 4.04. The Labute approximate surface area is 106 Å². The molecule has 4 heteroatoms. The lowest BCUT2D eigenvalue weighted by Crippen LogP contribution is -2.35. The van der Waals surface area contributed by atoms with Gasteiger partial charge in [-0.3, -0.25) is 4.79 Å². The average Bonchev–Trinajstić information content (AvgIpc) is 2.14. The largest absolute Gasteiger partial charge is 0.355 e. The first-order valence-corrected chi connectivity index (χ1v) is 5.78. The average molecular weight is 260 g/mol. The molecule has 0 spiro atoms. The number of halogens is 2. The molecule has 0 aromatic heterocycles. The van der Waals surface area contributed by atoms with Crippen LogP contribution in [0.25, 0.3) is 0 Å². The molecular weight excluding hydrogens is 245 g/mol. The summed E-state index contributed by atoms with van der Waals surface area (Å²) >= 11 is 12.0. The minimum Gasteiger partial charge on any atom is -0.355 e. The molecule has 0 aliphatic rings. The van der Waals surface area contributed by atoms with Crippen LogP contribution < -0.4 is 5.32 Å². The van der Waals surface area contributed by atoms with Crippen molar-refractivity contribution in [1.82, 2.24) is 5.32 Å². The number of hydrogen-bond acceptors (Lipinski definition) is 1. The number of amides is 1. The molecule has 16 heavy (non-hydrogen) atoms. The summed E-state index contributed by atoms with van der Waals surface area (Å²) in [5.41, 5.74) is 0.764. The Morgan fingerprint density at radius 3 is 2.50 bits per heavy atom. The summed E-state index contributed by atoms with van der Waals surface area (Å²) in [5.74, 6) is -0.0434. The van der Waals surface area contributed by atoms with Crippen molar-refractivity contribution >= 4 is 29.1 Å². The van der Waals surface area contributed by atoms with E-state index < -0.39 is 0 Å². The molecule has 0 atom stereocenters. The minimum absolute atomic E-state index is 0.0434. The van der Waals surface area contributed by atoms with E-state index in [9.17, 15) is 4.79 Å². The predicted octanol–water partition coefficient (Wildman–Crippen LogP) is 3.41. The summed E-state index contributed by atoms with van der Waals surface area (Å²) in [7, 11) is 0. The second kappa shape index (κ2) is 5.07. The first-order chi connectivity index (χ1) is 7.33. The molecule has 1 N–H and O–H groups in total. The Balaban J connectivity index is 2.92. The van der Waals surface area contributed by atoms with E-state index >= 15 is 0 Å². The highest BCUT2D eigenvalue weighted by Crippen LogP contribution is 2.31. The van der Waals surface area contributed by atoms with Crippen molar-refractivity contribution in [2.45, 2.75) is 26.2 Å². The van der Waals surface area contributed by atoms with Gasteiger partial charge in [0.2, 0.25) is 5.91 Å².